The highest BCUT2D eigenvalue weighted by Crippen LogP contribution is 2.19. The molecule has 0 saturated carbocycles. The van der Waals surface area contributed by atoms with E-state index in [1.807, 2.05) is 43.8 Å². The van der Waals surface area contributed by atoms with Gasteiger partial charge in [0.2, 0.25) is 0 Å². The SMILES string of the molecule is Cc1cccc(CNCc2c(Br)c(C)nn2C)n1. The highest BCUT2D eigenvalue weighted by atomic mass is 79.9. The second kappa shape index (κ2) is 5.63. The monoisotopic (exact) mass is 308 g/mol. The van der Waals surface area contributed by atoms with E-state index in [0.29, 0.717) is 0 Å². The standard InChI is InChI=1S/C13H17BrN4/c1-9-5-4-6-11(16-9)7-15-8-12-13(14)10(2)17-18(12)3/h4-6,15H,7-8H2,1-3H3. The molecule has 2 aromatic rings. The molecule has 96 valence electrons. The first-order chi connectivity index (χ1) is 8.58. The van der Waals surface area contributed by atoms with Crippen LogP contribution in [0, 0.1) is 13.8 Å². The minimum atomic E-state index is 0.762. The molecule has 0 aliphatic rings. The van der Waals surface area contributed by atoms with Crippen LogP contribution < -0.4 is 5.32 Å². The molecule has 0 radical (unpaired) electrons. The van der Waals surface area contributed by atoms with Gasteiger partial charge in [-0.25, -0.2) is 0 Å². The lowest BCUT2D eigenvalue weighted by molar-refractivity contribution is 0.616. The summed E-state index contributed by atoms with van der Waals surface area (Å²) < 4.78 is 2.98. The minimum Gasteiger partial charge on any atom is -0.305 e. The van der Waals surface area contributed by atoms with Gasteiger partial charge in [0, 0.05) is 25.8 Å². The molecule has 0 aliphatic carbocycles. The van der Waals surface area contributed by atoms with Crippen LogP contribution in [0.25, 0.3) is 0 Å². The molecular formula is C13H17BrN4. The van der Waals surface area contributed by atoms with Crippen molar-refractivity contribution in [2.75, 3.05) is 0 Å². The number of rotatable bonds is 4. The van der Waals surface area contributed by atoms with Gasteiger partial charge in [0.05, 0.1) is 21.6 Å². The largest absolute Gasteiger partial charge is 0.305 e. The molecule has 2 heterocycles. The topological polar surface area (TPSA) is 42.7 Å². The summed E-state index contributed by atoms with van der Waals surface area (Å²) in [4.78, 5) is 4.46. The molecule has 5 heteroatoms. The maximum atomic E-state index is 4.46. The van der Waals surface area contributed by atoms with Gasteiger partial charge in [-0.1, -0.05) is 6.07 Å². The van der Waals surface area contributed by atoms with Crippen molar-refractivity contribution in [3.8, 4) is 0 Å². The Morgan fingerprint density at radius 3 is 2.67 bits per heavy atom. The summed E-state index contributed by atoms with van der Waals surface area (Å²) in [5, 5.41) is 7.75. The zero-order chi connectivity index (χ0) is 13.1. The zero-order valence-corrected chi connectivity index (χ0v) is 12.5. The average Bonchev–Trinajstić information content (AvgIpc) is 2.56. The molecular weight excluding hydrogens is 292 g/mol. The van der Waals surface area contributed by atoms with E-state index in [0.717, 1.165) is 40.3 Å². The van der Waals surface area contributed by atoms with E-state index in [2.05, 4.69) is 31.3 Å². The van der Waals surface area contributed by atoms with E-state index in [4.69, 9.17) is 0 Å². The molecule has 0 bridgehead atoms. The van der Waals surface area contributed by atoms with Gasteiger partial charge in [-0.2, -0.15) is 5.10 Å². The summed E-state index contributed by atoms with van der Waals surface area (Å²) in [6, 6.07) is 6.07. The van der Waals surface area contributed by atoms with Crippen LogP contribution in [-0.2, 0) is 20.1 Å². The molecule has 0 aromatic carbocycles. The van der Waals surface area contributed by atoms with Crippen LogP contribution in [0.3, 0.4) is 0 Å². The Bertz CT molecular complexity index is 548. The number of nitrogens with one attached hydrogen (secondary N) is 1. The molecule has 0 fully saturated rings. The molecule has 2 rings (SSSR count). The molecule has 2 aromatic heterocycles. The van der Waals surface area contributed by atoms with Crippen LogP contribution in [0.4, 0.5) is 0 Å². The summed E-state index contributed by atoms with van der Waals surface area (Å²) in [6.07, 6.45) is 0. The summed E-state index contributed by atoms with van der Waals surface area (Å²) in [5.74, 6) is 0. The Labute approximate surface area is 116 Å². The predicted octanol–water partition coefficient (Wildman–Crippen LogP) is 2.48. The van der Waals surface area contributed by atoms with Gasteiger partial charge in [0.15, 0.2) is 0 Å². The van der Waals surface area contributed by atoms with Gasteiger partial charge in [-0.05, 0) is 41.9 Å². The average molecular weight is 309 g/mol. The second-order valence-electron chi connectivity index (χ2n) is 4.34. The fourth-order valence-electron chi connectivity index (χ4n) is 1.88. The highest BCUT2D eigenvalue weighted by molar-refractivity contribution is 9.10. The lowest BCUT2D eigenvalue weighted by Crippen LogP contribution is -2.16. The lowest BCUT2D eigenvalue weighted by atomic mass is 10.3. The zero-order valence-electron chi connectivity index (χ0n) is 10.9. The molecule has 0 unspecified atom stereocenters. The van der Waals surface area contributed by atoms with Crippen molar-refractivity contribution >= 4 is 15.9 Å². The molecule has 1 N–H and O–H groups in total. The maximum absolute atomic E-state index is 4.46. The maximum Gasteiger partial charge on any atom is 0.0739 e. The lowest BCUT2D eigenvalue weighted by Gasteiger charge is -2.06. The van der Waals surface area contributed by atoms with Gasteiger partial charge in [0.1, 0.15) is 0 Å². The smallest absolute Gasteiger partial charge is 0.0739 e. The molecule has 0 spiro atoms. The van der Waals surface area contributed by atoms with Gasteiger partial charge >= 0.3 is 0 Å². The van der Waals surface area contributed by atoms with Crippen LogP contribution in [0.15, 0.2) is 22.7 Å². The Hall–Kier alpha value is -1.20. The summed E-state index contributed by atoms with van der Waals surface area (Å²) in [5.41, 5.74) is 4.28. The van der Waals surface area contributed by atoms with Gasteiger partial charge in [-0.15, -0.1) is 0 Å². The summed E-state index contributed by atoms with van der Waals surface area (Å²) in [6.45, 7) is 5.53. The number of pyridine rings is 1. The molecule has 4 nitrogen and oxygen atoms in total. The van der Waals surface area contributed by atoms with Crippen LogP contribution in [0.2, 0.25) is 0 Å². The number of aromatic nitrogens is 3. The van der Waals surface area contributed by atoms with E-state index < -0.39 is 0 Å². The van der Waals surface area contributed by atoms with Crippen molar-refractivity contribution in [2.24, 2.45) is 7.05 Å². The van der Waals surface area contributed by atoms with E-state index in [1.165, 1.54) is 0 Å². The molecule has 18 heavy (non-hydrogen) atoms. The predicted molar refractivity (Wildman–Crippen MR) is 75.2 cm³/mol. The quantitative estimate of drug-likeness (QED) is 0.943. The van der Waals surface area contributed by atoms with Crippen molar-refractivity contribution in [3.05, 3.63) is 45.4 Å². The molecule has 0 amide bonds. The molecule has 0 atom stereocenters. The van der Waals surface area contributed by atoms with Crippen molar-refractivity contribution < 1.29 is 0 Å². The van der Waals surface area contributed by atoms with E-state index >= 15 is 0 Å². The molecule has 0 saturated heterocycles. The van der Waals surface area contributed by atoms with Crippen LogP contribution >= 0.6 is 15.9 Å². The van der Waals surface area contributed by atoms with Crippen LogP contribution in [0.5, 0.6) is 0 Å². The Morgan fingerprint density at radius 1 is 1.28 bits per heavy atom. The van der Waals surface area contributed by atoms with Crippen molar-refractivity contribution in [1.29, 1.82) is 0 Å². The van der Waals surface area contributed by atoms with Crippen molar-refractivity contribution in [3.63, 3.8) is 0 Å². The van der Waals surface area contributed by atoms with Gasteiger partial charge in [0.25, 0.3) is 0 Å². The first kappa shape index (κ1) is 13.2. The molecule has 0 aliphatic heterocycles. The van der Waals surface area contributed by atoms with E-state index in [1.54, 1.807) is 0 Å². The number of aryl methyl sites for hydroxylation is 3. The third-order valence-corrected chi connectivity index (χ3v) is 3.84. The third-order valence-electron chi connectivity index (χ3n) is 2.81. The fraction of sp³-hybridized carbons (Fsp3) is 0.385. The van der Waals surface area contributed by atoms with Crippen molar-refractivity contribution in [2.45, 2.75) is 26.9 Å². The first-order valence-corrected chi connectivity index (χ1v) is 6.68. The minimum absolute atomic E-state index is 0.762. The number of halogens is 1. The second-order valence-corrected chi connectivity index (χ2v) is 5.14. The van der Waals surface area contributed by atoms with E-state index in [-0.39, 0.29) is 0 Å². The highest BCUT2D eigenvalue weighted by Gasteiger charge is 2.09. The third kappa shape index (κ3) is 2.97. The number of nitrogens with zero attached hydrogens (tertiary/aromatic N) is 3. The van der Waals surface area contributed by atoms with Gasteiger partial charge < -0.3 is 5.32 Å². The number of hydrogen-bond donors (Lipinski definition) is 1. The Morgan fingerprint density at radius 2 is 2.06 bits per heavy atom. The first-order valence-electron chi connectivity index (χ1n) is 5.89. The van der Waals surface area contributed by atoms with Crippen molar-refractivity contribution in [1.82, 2.24) is 20.1 Å². The Balaban J connectivity index is 1.96. The normalized spacial score (nSPS) is 10.9. The Kier molecular flexibility index (Phi) is 4.14. The van der Waals surface area contributed by atoms with Gasteiger partial charge in [-0.3, -0.25) is 9.67 Å². The summed E-state index contributed by atoms with van der Waals surface area (Å²) in [7, 11) is 1.96. The summed E-state index contributed by atoms with van der Waals surface area (Å²) >= 11 is 3.56. The number of hydrogen-bond acceptors (Lipinski definition) is 3. The van der Waals surface area contributed by atoms with Crippen LogP contribution in [-0.4, -0.2) is 14.8 Å². The fourth-order valence-corrected chi connectivity index (χ4v) is 2.36. The van der Waals surface area contributed by atoms with E-state index in [9.17, 15) is 0 Å². The van der Waals surface area contributed by atoms with Crippen LogP contribution in [0.1, 0.15) is 22.8 Å².